The fourth-order valence-electron chi connectivity index (χ4n) is 6.08. The molecule has 3 aliphatic carbocycles. The molecular formula is C25H41BN2O. The average molecular weight is 396 g/mol. The minimum absolute atomic E-state index is 0.349. The smallest absolute Gasteiger partial charge is 0.209 e. The zero-order chi connectivity index (χ0) is 19.9. The van der Waals surface area contributed by atoms with Gasteiger partial charge in [0, 0.05) is 17.5 Å². The molecule has 0 bridgehead atoms. The van der Waals surface area contributed by atoms with E-state index in [0.717, 1.165) is 39.4 Å². The lowest BCUT2D eigenvalue weighted by molar-refractivity contribution is -0.116. The van der Waals surface area contributed by atoms with Gasteiger partial charge in [-0.05, 0) is 38.5 Å². The molecule has 2 fully saturated rings. The molecule has 1 unspecified atom stereocenters. The molecule has 3 aliphatic rings. The van der Waals surface area contributed by atoms with E-state index in [1.165, 1.54) is 101 Å². The molecule has 0 aliphatic heterocycles. The van der Waals surface area contributed by atoms with Gasteiger partial charge in [-0.2, -0.15) is 0 Å². The van der Waals surface area contributed by atoms with Crippen LogP contribution in [0.1, 0.15) is 126 Å². The molecule has 2 saturated carbocycles. The van der Waals surface area contributed by atoms with Crippen LogP contribution in [0.15, 0.2) is 0 Å². The van der Waals surface area contributed by atoms with Crippen molar-refractivity contribution >= 4 is 13.0 Å². The number of hydrogen-bond acceptors (Lipinski definition) is 2. The van der Waals surface area contributed by atoms with Gasteiger partial charge in [-0.25, -0.2) is 4.98 Å². The van der Waals surface area contributed by atoms with Crippen LogP contribution in [0.5, 0.6) is 0 Å². The molecule has 4 rings (SSSR count). The molecule has 29 heavy (non-hydrogen) atoms. The molecule has 1 aromatic heterocycles. The molecule has 4 heteroatoms. The van der Waals surface area contributed by atoms with E-state index in [9.17, 15) is 4.79 Å². The SMILES string of the molecule is O=C(BC1CCc2nc(C3CCCCCCC3)[nH]c2C1)C1CCCCCCCC1. The third kappa shape index (κ3) is 5.98. The zero-order valence-electron chi connectivity index (χ0n) is 18.5. The van der Waals surface area contributed by atoms with Crippen molar-refractivity contribution in [3.05, 3.63) is 17.2 Å². The Morgan fingerprint density at radius 1 is 0.793 bits per heavy atom. The van der Waals surface area contributed by atoms with E-state index in [4.69, 9.17) is 4.98 Å². The summed E-state index contributed by atoms with van der Waals surface area (Å²) in [6, 6.07) is 0. The molecule has 160 valence electrons. The summed E-state index contributed by atoms with van der Waals surface area (Å²) in [7, 11) is 0.807. The first-order chi connectivity index (χ1) is 14.3. The number of aromatic nitrogens is 2. The number of fused-ring (bicyclic) bond motifs is 1. The molecule has 1 N–H and O–H groups in total. The van der Waals surface area contributed by atoms with E-state index in [-0.39, 0.29) is 0 Å². The minimum Gasteiger partial charge on any atom is -0.345 e. The van der Waals surface area contributed by atoms with Crippen molar-refractivity contribution in [3.63, 3.8) is 0 Å². The number of hydrogen-bond donors (Lipinski definition) is 1. The second-order valence-corrected chi connectivity index (χ2v) is 10.3. The lowest BCUT2D eigenvalue weighted by Gasteiger charge is -2.22. The van der Waals surface area contributed by atoms with E-state index in [2.05, 4.69) is 4.98 Å². The highest BCUT2D eigenvalue weighted by Crippen LogP contribution is 2.34. The number of H-pyrrole nitrogens is 1. The maximum absolute atomic E-state index is 13.1. The minimum atomic E-state index is 0.349. The van der Waals surface area contributed by atoms with Gasteiger partial charge in [0.1, 0.15) is 5.82 Å². The Labute approximate surface area is 178 Å². The molecule has 1 aromatic rings. The summed E-state index contributed by atoms with van der Waals surface area (Å²) in [5.41, 5.74) is 3.24. The van der Waals surface area contributed by atoms with Crippen LogP contribution in [-0.4, -0.2) is 22.9 Å². The van der Waals surface area contributed by atoms with Crippen LogP contribution >= 0.6 is 0 Å². The third-order valence-electron chi connectivity index (χ3n) is 7.96. The Morgan fingerprint density at radius 2 is 1.38 bits per heavy atom. The lowest BCUT2D eigenvalue weighted by atomic mass is 9.53. The molecule has 1 atom stereocenters. The highest BCUT2D eigenvalue weighted by molar-refractivity contribution is 6.75. The highest BCUT2D eigenvalue weighted by Gasteiger charge is 2.29. The first-order valence-electron chi connectivity index (χ1n) is 12.9. The van der Waals surface area contributed by atoms with Crippen molar-refractivity contribution in [2.24, 2.45) is 5.92 Å². The summed E-state index contributed by atoms with van der Waals surface area (Å²) in [5, 5.41) is 0. The van der Waals surface area contributed by atoms with Gasteiger partial charge in [0.2, 0.25) is 7.28 Å². The first kappa shape index (κ1) is 21.2. The maximum Gasteiger partial charge on any atom is 0.209 e. The van der Waals surface area contributed by atoms with Gasteiger partial charge in [0.15, 0.2) is 0 Å². The van der Waals surface area contributed by atoms with Gasteiger partial charge in [-0.1, -0.05) is 82.9 Å². The summed E-state index contributed by atoms with van der Waals surface area (Å²) in [6.45, 7) is 0. The Bertz CT molecular complexity index is 637. The summed E-state index contributed by atoms with van der Waals surface area (Å²) >= 11 is 0. The monoisotopic (exact) mass is 396 g/mol. The molecule has 3 nitrogen and oxygen atoms in total. The number of nitrogens with zero attached hydrogens (tertiary/aromatic N) is 1. The van der Waals surface area contributed by atoms with Crippen molar-refractivity contribution in [2.75, 3.05) is 0 Å². The summed E-state index contributed by atoms with van der Waals surface area (Å²) in [5.74, 6) is 2.79. The third-order valence-corrected chi connectivity index (χ3v) is 7.96. The Balaban J connectivity index is 1.33. The Morgan fingerprint density at radius 3 is 2.03 bits per heavy atom. The second-order valence-electron chi connectivity index (χ2n) is 10.3. The molecule has 0 spiro atoms. The number of aryl methyl sites for hydroxylation is 1. The number of carbonyl (C=O) groups excluding carboxylic acids is 1. The quantitative estimate of drug-likeness (QED) is 0.613. The number of rotatable bonds is 4. The van der Waals surface area contributed by atoms with Gasteiger partial charge < -0.3 is 9.78 Å². The van der Waals surface area contributed by atoms with E-state index in [0.29, 0.717) is 23.3 Å². The van der Waals surface area contributed by atoms with Crippen molar-refractivity contribution in [1.29, 1.82) is 0 Å². The van der Waals surface area contributed by atoms with E-state index in [1.807, 2.05) is 0 Å². The molecule has 1 heterocycles. The zero-order valence-corrected chi connectivity index (χ0v) is 18.5. The van der Waals surface area contributed by atoms with Gasteiger partial charge in [-0.15, -0.1) is 0 Å². The van der Waals surface area contributed by atoms with Crippen LogP contribution in [0.3, 0.4) is 0 Å². The van der Waals surface area contributed by atoms with E-state index < -0.39 is 0 Å². The van der Waals surface area contributed by atoms with Crippen LogP contribution in [0, 0.1) is 5.92 Å². The van der Waals surface area contributed by atoms with Gasteiger partial charge in [0.25, 0.3) is 0 Å². The van der Waals surface area contributed by atoms with Crippen molar-refractivity contribution in [1.82, 2.24) is 9.97 Å². The Kier molecular flexibility index (Phi) is 7.90. The first-order valence-corrected chi connectivity index (χ1v) is 12.9. The van der Waals surface area contributed by atoms with Crippen molar-refractivity contribution in [2.45, 2.75) is 127 Å². The second kappa shape index (κ2) is 10.8. The van der Waals surface area contributed by atoms with Crippen LogP contribution in [0.25, 0.3) is 0 Å². The molecule has 0 aromatic carbocycles. The van der Waals surface area contributed by atoms with E-state index in [1.54, 1.807) is 0 Å². The topological polar surface area (TPSA) is 45.8 Å². The van der Waals surface area contributed by atoms with Gasteiger partial charge in [0.05, 0.1) is 11.4 Å². The summed E-state index contributed by atoms with van der Waals surface area (Å²) in [6.07, 6.45) is 23.0. The fourth-order valence-corrected chi connectivity index (χ4v) is 6.08. The normalized spacial score (nSPS) is 25.7. The molecule has 0 saturated heterocycles. The number of carbonyl (C=O) groups is 1. The van der Waals surface area contributed by atoms with Crippen LogP contribution in [0.4, 0.5) is 0 Å². The largest absolute Gasteiger partial charge is 0.345 e. The number of aromatic amines is 1. The predicted molar refractivity (Wildman–Crippen MR) is 122 cm³/mol. The van der Waals surface area contributed by atoms with Crippen molar-refractivity contribution in [3.8, 4) is 0 Å². The lowest BCUT2D eigenvalue weighted by Crippen LogP contribution is -2.27. The van der Waals surface area contributed by atoms with Crippen LogP contribution < -0.4 is 0 Å². The summed E-state index contributed by atoms with van der Waals surface area (Å²) in [4.78, 5) is 21.8. The number of imidazole rings is 1. The highest BCUT2D eigenvalue weighted by atomic mass is 16.1. The fraction of sp³-hybridized carbons (Fsp3) is 0.840. The van der Waals surface area contributed by atoms with Gasteiger partial charge in [-0.3, -0.25) is 0 Å². The average Bonchev–Trinajstić information content (AvgIpc) is 3.15. The number of nitrogens with one attached hydrogen (secondary N) is 1. The van der Waals surface area contributed by atoms with Gasteiger partial charge >= 0.3 is 0 Å². The molecular weight excluding hydrogens is 355 g/mol. The maximum atomic E-state index is 13.1. The predicted octanol–water partition coefficient (Wildman–Crippen LogP) is 6.23. The summed E-state index contributed by atoms with van der Waals surface area (Å²) < 4.78 is 0. The van der Waals surface area contributed by atoms with Crippen LogP contribution in [-0.2, 0) is 17.6 Å². The Hall–Kier alpha value is -1.06. The van der Waals surface area contributed by atoms with Crippen LogP contribution in [0.2, 0.25) is 5.82 Å². The molecule has 0 radical (unpaired) electrons. The molecule has 0 amide bonds. The van der Waals surface area contributed by atoms with Crippen molar-refractivity contribution < 1.29 is 4.79 Å². The van der Waals surface area contributed by atoms with E-state index >= 15 is 0 Å². The standard InChI is InChI=1S/C25H41BN2O/c29-24(19-12-8-4-1-2-5-9-13-19)26-21-16-17-22-23(18-21)28-25(27-22)20-14-10-6-3-7-11-15-20/h19-21,26H,1-18H2,(H,27,28).